The Morgan fingerprint density at radius 2 is 1.55 bits per heavy atom. The van der Waals surface area contributed by atoms with Gasteiger partial charge in [0.2, 0.25) is 0 Å². The molecule has 4 aromatic carbocycles. The van der Waals surface area contributed by atoms with Gasteiger partial charge in [-0.15, -0.1) is 0 Å². The van der Waals surface area contributed by atoms with Gasteiger partial charge in [-0.05, 0) is 77.4 Å². The van der Waals surface area contributed by atoms with E-state index in [1.807, 2.05) is 92.0 Å². The summed E-state index contributed by atoms with van der Waals surface area (Å²) in [5, 5.41) is 14.4. The molecule has 212 valence electrons. The van der Waals surface area contributed by atoms with E-state index < -0.39 is 17.9 Å². The van der Waals surface area contributed by atoms with E-state index in [9.17, 15) is 14.7 Å². The van der Waals surface area contributed by atoms with E-state index in [-0.39, 0.29) is 18.9 Å². The molecule has 0 radical (unpaired) electrons. The number of aryl methyl sites for hydroxylation is 1. The van der Waals surface area contributed by atoms with Crippen molar-refractivity contribution >= 4 is 29.3 Å². The van der Waals surface area contributed by atoms with E-state index in [4.69, 9.17) is 4.74 Å². The van der Waals surface area contributed by atoms with Gasteiger partial charge >= 0.3 is 18.9 Å². The van der Waals surface area contributed by atoms with Crippen molar-refractivity contribution < 1.29 is 38.3 Å². The Balaban J connectivity index is 0.00000484. The number of carbonyl (C=O) groups is 2. The van der Waals surface area contributed by atoms with E-state index in [1.165, 1.54) is 11.8 Å². The number of rotatable bonds is 13. The molecule has 0 heterocycles. The van der Waals surface area contributed by atoms with Crippen molar-refractivity contribution in [2.45, 2.75) is 32.5 Å². The molecular weight excluding hydrogens is 539 g/mol. The topological polar surface area (TPSA) is 81.7 Å². The number of hydrogen-bond acceptors (Lipinski definition) is 6. The monoisotopic (exact) mass is 574 g/mol. The van der Waals surface area contributed by atoms with Crippen LogP contribution in [0.25, 0.3) is 11.1 Å². The van der Waals surface area contributed by atoms with Gasteiger partial charge in [0.25, 0.3) is 5.91 Å². The zero-order valence-corrected chi connectivity index (χ0v) is 25.4. The van der Waals surface area contributed by atoms with Crippen LogP contribution in [0, 0.1) is 6.92 Å². The number of nitrogens with one attached hydrogen (secondary N) is 1. The van der Waals surface area contributed by atoms with Crippen LogP contribution in [0.1, 0.15) is 33.5 Å². The summed E-state index contributed by atoms with van der Waals surface area (Å²) in [7, 11) is 1.67. The van der Waals surface area contributed by atoms with E-state index in [0.717, 1.165) is 39.3 Å². The van der Waals surface area contributed by atoms with Crippen molar-refractivity contribution in [2.24, 2.45) is 0 Å². The molecule has 4 aromatic rings. The zero-order valence-electron chi connectivity index (χ0n) is 24.6. The molecule has 0 fully saturated rings. The first kappa shape index (κ1) is 32.9. The van der Waals surface area contributed by atoms with Crippen molar-refractivity contribution in [3.05, 3.63) is 119 Å². The molecule has 6 nitrogen and oxygen atoms in total. The van der Waals surface area contributed by atoms with Crippen molar-refractivity contribution in [1.29, 1.82) is 0 Å². The quantitative estimate of drug-likeness (QED) is 0.247. The SMILES string of the molecule is COc1ccccc1N(Cc1ccccc1)Cc1ccc(C(=O)NC(CCSC)C(=O)[O-])c(-c2ccccc2C)c1.[Li+]. The van der Waals surface area contributed by atoms with Gasteiger partial charge in [-0.3, -0.25) is 4.79 Å². The molecule has 1 amide bonds. The van der Waals surface area contributed by atoms with Gasteiger partial charge in [0, 0.05) is 18.7 Å². The maximum Gasteiger partial charge on any atom is 1.00 e. The van der Waals surface area contributed by atoms with E-state index in [0.29, 0.717) is 30.8 Å². The minimum absolute atomic E-state index is 0. The number of para-hydroxylation sites is 2. The molecule has 42 heavy (non-hydrogen) atoms. The van der Waals surface area contributed by atoms with Crippen LogP contribution in [0.5, 0.6) is 5.75 Å². The molecule has 0 aromatic heterocycles. The van der Waals surface area contributed by atoms with Gasteiger partial charge in [-0.1, -0.05) is 72.8 Å². The first-order valence-corrected chi connectivity index (χ1v) is 14.9. The molecule has 0 saturated heterocycles. The number of methoxy groups -OCH3 is 1. The third kappa shape index (κ3) is 8.45. The maximum atomic E-state index is 13.5. The summed E-state index contributed by atoms with van der Waals surface area (Å²) in [6, 6.07) is 30.7. The largest absolute Gasteiger partial charge is 1.00 e. The summed E-state index contributed by atoms with van der Waals surface area (Å²) in [4.78, 5) is 27.5. The fourth-order valence-corrected chi connectivity index (χ4v) is 5.32. The number of thioether (sulfide) groups is 1. The summed E-state index contributed by atoms with van der Waals surface area (Å²) in [5.41, 5.74) is 6.23. The number of amides is 1. The molecule has 0 saturated carbocycles. The molecule has 0 aliphatic heterocycles. The normalized spacial score (nSPS) is 11.2. The van der Waals surface area contributed by atoms with Crippen LogP contribution >= 0.6 is 11.8 Å². The average molecular weight is 575 g/mol. The Hall–Kier alpha value is -3.63. The molecule has 0 aliphatic carbocycles. The third-order valence-corrected chi connectivity index (χ3v) is 7.62. The molecule has 0 aliphatic rings. The Labute approximate surface area is 264 Å². The van der Waals surface area contributed by atoms with Gasteiger partial charge in [0.05, 0.1) is 24.8 Å². The number of benzene rings is 4. The number of nitrogens with zero attached hydrogens (tertiary/aromatic N) is 1. The fourth-order valence-electron chi connectivity index (χ4n) is 4.85. The molecule has 4 rings (SSSR count). The summed E-state index contributed by atoms with van der Waals surface area (Å²) in [6.07, 6.45) is 2.19. The predicted molar refractivity (Wildman–Crippen MR) is 165 cm³/mol. The van der Waals surface area contributed by atoms with Crippen LogP contribution in [0.4, 0.5) is 5.69 Å². The Morgan fingerprint density at radius 3 is 2.24 bits per heavy atom. The van der Waals surface area contributed by atoms with Crippen LogP contribution < -0.4 is 38.9 Å². The second-order valence-electron chi connectivity index (χ2n) is 9.83. The summed E-state index contributed by atoms with van der Waals surface area (Å²) >= 11 is 1.53. The van der Waals surface area contributed by atoms with Crippen molar-refractivity contribution in [1.82, 2.24) is 5.32 Å². The standard InChI is InChI=1S/C34H36N2O4S.Li/c1-24-11-7-8-14-27(24)29-21-26(17-18-28(29)33(37)35-30(34(38)39)19-20-41-3)23-36(22-25-12-5-4-6-13-25)31-15-9-10-16-32(31)40-2;/h4-18,21,30H,19-20,22-23H2,1-3H3,(H,35,37)(H,38,39);/q;+1/p-1. The number of hydrogen-bond donors (Lipinski definition) is 1. The Kier molecular flexibility index (Phi) is 12.6. The molecule has 0 spiro atoms. The number of aliphatic carboxylic acids is 1. The molecule has 1 atom stereocenters. The molecule has 1 unspecified atom stereocenters. The molecular formula is C34H35LiN2O4S. The number of carboxylic acids is 1. The van der Waals surface area contributed by atoms with Crippen LogP contribution in [0.2, 0.25) is 0 Å². The number of carbonyl (C=O) groups excluding carboxylic acids is 2. The number of anilines is 1. The summed E-state index contributed by atoms with van der Waals surface area (Å²) in [6.45, 7) is 3.22. The Morgan fingerprint density at radius 1 is 0.881 bits per heavy atom. The van der Waals surface area contributed by atoms with Gasteiger partial charge in [-0.25, -0.2) is 0 Å². The van der Waals surface area contributed by atoms with Crippen LogP contribution in [0.15, 0.2) is 97.1 Å². The second kappa shape index (κ2) is 16.1. The van der Waals surface area contributed by atoms with Gasteiger partial charge in [0.15, 0.2) is 0 Å². The smallest absolute Gasteiger partial charge is 0.548 e. The number of ether oxygens (including phenoxy) is 1. The molecule has 0 bridgehead atoms. The maximum absolute atomic E-state index is 13.5. The molecule has 8 heteroatoms. The fraction of sp³-hybridized carbons (Fsp3) is 0.235. The second-order valence-corrected chi connectivity index (χ2v) is 10.8. The van der Waals surface area contributed by atoms with Crippen LogP contribution in [-0.2, 0) is 17.9 Å². The van der Waals surface area contributed by atoms with Crippen molar-refractivity contribution in [3.8, 4) is 16.9 Å². The van der Waals surface area contributed by atoms with E-state index in [2.05, 4.69) is 22.3 Å². The number of carboxylic acid groups (broad SMARTS) is 1. The molecule has 1 N–H and O–H groups in total. The third-order valence-electron chi connectivity index (χ3n) is 6.98. The van der Waals surface area contributed by atoms with Crippen LogP contribution in [0.3, 0.4) is 0 Å². The zero-order chi connectivity index (χ0) is 29.2. The predicted octanol–water partition coefficient (Wildman–Crippen LogP) is 2.48. The first-order chi connectivity index (χ1) is 19.9. The van der Waals surface area contributed by atoms with Crippen molar-refractivity contribution in [3.63, 3.8) is 0 Å². The summed E-state index contributed by atoms with van der Waals surface area (Å²) < 4.78 is 5.70. The minimum Gasteiger partial charge on any atom is -0.548 e. The first-order valence-electron chi connectivity index (χ1n) is 13.5. The van der Waals surface area contributed by atoms with Crippen LogP contribution in [-0.4, -0.2) is 37.0 Å². The minimum atomic E-state index is -1.28. The average Bonchev–Trinajstić information content (AvgIpc) is 2.99. The van der Waals surface area contributed by atoms with Gasteiger partial charge < -0.3 is 24.9 Å². The summed E-state index contributed by atoms with van der Waals surface area (Å²) in [5.74, 6) is -0.342. The van der Waals surface area contributed by atoms with Gasteiger partial charge in [0.1, 0.15) is 5.75 Å². The van der Waals surface area contributed by atoms with Crippen molar-refractivity contribution in [2.75, 3.05) is 24.0 Å². The Bertz CT molecular complexity index is 1480. The van der Waals surface area contributed by atoms with E-state index in [1.54, 1.807) is 13.2 Å². The van der Waals surface area contributed by atoms with Gasteiger partial charge in [-0.2, -0.15) is 11.8 Å². The van der Waals surface area contributed by atoms with E-state index >= 15 is 0 Å².